The SMILES string of the molecule is COc1ncc(-c2ccn3nc(N)cc3c2)cc1O. The number of rotatable bonds is 2. The molecule has 6 nitrogen and oxygen atoms in total. The van der Waals surface area contributed by atoms with Crippen molar-refractivity contribution >= 4 is 11.3 Å². The third kappa shape index (κ3) is 1.93. The van der Waals surface area contributed by atoms with Crippen LogP contribution in [0.15, 0.2) is 36.7 Å². The summed E-state index contributed by atoms with van der Waals surface area (Å²) in [6.07, 6.45) is 3.45. The van der Waals surface area contributed by atoms with Gasteiger partial charge in [-0.05, 0) is 23.8 Å². The number of nitrogen functional groups attached to an aromatic ring is 1. The van der Waals surface area contributed by atoms with Gasteiger partial charge < -0.3 is 15.6 Å². The van der Waals surface area contributed by atoms with Crippen molar-refractivity contribution in [2.45, 2.75) is 0 Å². The molecule has 0 atom stereocenters. The predicted molar refractivity (Wildman–Crippen MR) is 71.1 cm³/mol. The van der Waals surface area contributed by atoms with Crippen molar-refractivity contribution < 1.29 is 9.84 Å². The Balaban J connectivity index is 2.10. The topological polar surface area (TPSA) is 85.7 Å². The van der Waals surface area contributed by atoms with Crippen LogP contribution in [0.3, 0.4) is 0 Å². The molecule has 0 aliphatic carbocycles. The molecule has 0 radical (unpaired) electrons. The van der Waals surface area contributed by atoms with E-state index in [0.717, 1.165) is 16.6 Å². The van der Waals surface area contributed by atoms with Gasteiger partial charge >= 0.3 is 0 Å². The number of nitrogens with zero attached hydrogens (tertiary/aromatic N) is 3. The smallest absolute Gasteiger partial charge is 0.256 e. The van der Waals surface area contributed by atoms with E-state index < -0.39 is 0 Å². The van der Waals surface area contributed by atoms with Crippen LogP contribution >= 0.6 is 0 Å². The van der Waals surface area contributed by atoms with Gasteiger partial charge in [0.1, 0.15) is 5.82 Å². The number of nitrogens with two attached hydrogens (primary N) is 1. The lowest BCUT2D eigenvalue weighted by Gasteiger charge is -2.05. The van der Waals surface area contributed by atoms with Crippen LogP contribution < -0.4 is 10.5 Å². The molecule has 96 valence electrons. The molecule has 6 heteroatoms. The minimum absolute atomic E-state index is 0.00731. The summed E-state index contributed by atoms with van der Waals surface area (Å²) >= 11 is 0. The highest BCUT2D eigenvalue weighted by molar-refractivity contribution is 5.70. The number of methoxy groups -OCH3 is 1. The van der Waals surface area contributed by atoms with Crippen LogP contribution in [-0.4, -0.2) is 26.8 Å². The standard InChI is InChI=1S/C13H12N4O2/c1-19-13-11(18)5-9(7-15-13)8-2-3-17-10(4-8)6-12(14)16-17/h2-7,18H,1H3,(H2,14,16). The fourth-order valence-electron chi connectivity index (χ4n) is 1.95. The van der Waals surface area contributed by atoms with Crippen LogP contribution in [0, 0.1) is 0 Å². The Kier molecular flexibility index (Phi) is 2.49. The Morgan fingerprint density at radius 2 is 2.11 bits per heavy atom. The molecule has 3 aromatic heterocycles. The maximum Gasteiger partial charge on any atom is 0.256 e. The number of hydrogen-bond donors (Lipinski definition) is 2. The molecule has 3 rings (SSSR count). The van der Waals surface area contributed by atoms with Crippen LogP contribution in [-0.2, 0) is 0 Å². The van der Waals surface area contributed by atoms with Crippen LogP contribution in [0.1, 0.15) is 0 Å². The summed E-state index contributed by atoms with van der Waals surface area (Å²) in [7, 11) is 1.46. The maximum atomic E-state index is 9.75. The molecule has 3 N–H and O–H groups in total. The van der Waals surface area contributed by atoms with Crippen molar-refractivity contribution in [3.05, 3.63) is 36.7 Å². The maximum absolute atomic E-state index is 9.75. The number of ether oxygens (including phenoxy) is 1. The Labute approximate surface area is 109 Å². The van der Waals surface area contributed by atoms with Crippen molar-refractivity contribution in [3.63, 3.8) is 0 Å². The molecule has 0 aliphatic rings. The molecular weight excluding hydrogens is 244 g/mol. The molecule has 0 aromatic carbocycles. The highest BCUT2D eigenvalue weighted by Gasteiger charge is 2.07. The van der Waals surface area contributed by atoms with E-state index in [4.69, 9.17) is 10.5 Å². The van der Waals surface area contributed by atoms with Gasteiger partial charge in [0, 0.05) is 24.0 Å². The van der Waals surface area contributed by atoms with Crippen molar-refractivity contribution in [2.75, 3.05) is 12.8 Å². The highest BCUT2D eigenvalue weighted by atomic mass is 16.5. The minimum Gasteiger partial charge on any atom is -0.503 e. The van der Waals surface area contributed by atoms with Gasteiger partial charge in [0.15, 0.2) is 5.75 Å². The van der Waals surface area contributed by atoms with E-state index in [1.807, 2.05) is 18.3 Å². The number of aromatic hydroxyl groups is 1. The lowest BCUT2D eigenvalue weighted by atomic mass is 10.1. The number of aromatic nitrogens is 3. The zero-order valence-electron chi connectivity index (χ0n) is 10.2. The number of pyridine rings is 2. The van der Waals surface area contributed by atoms with E-state index in [-0.39, 0.29) is 11.6 Å². The zero-order valence-corrected chi connectivity index (χ0v) is 10.2. The lowest BCUT2D eigenvalue weighted by Crippen LogP contribution is -1.91. The van der Waals surface area contributed by atoms with E-state index in [9.17, 15) is 5.11 Å². The van der Waals surface area contributed by atoms with Crippen LogP contribution in [0.25, 0.3) is 16.6 Å². The molecule has 19 heavy (non-hydrogen) atoms. The number of anilines is 1. The summed E-state index contributed by atoms with van der Waals surface area (Å²) in [5.74, 6) is 0.680. The van der Waals surface area contributed by atoms with Crippen molar-refractivity contribution in [2.24, 2.45) is 0 Å². The number of hydrogen-bond acceptors (Lipinski definition) is 5. The van der Waals surface area contributed by atoms with Gasteiger partial charge in [0.2, 0.25) is 0 Å². The average Bonchev–Trinajstić information content (AvgIpc) is 2.77. The Bertz CT molecular complexity index is 751. The summed E-state index contributed by atoms with van der Waals surface area (Å²) in [5, 5.41) is 13.8. The van der Waals surface area contributed by atoms with E-state index in [1.165, 1.54) is 7.11 Å². The Hall–Kier alpha value is -2.76. The second kappa shape index (κ2) is 4.16. The first-order valence-electron chi connectivity index (χ1n) is 5.65. The predicted octanol–water partition coefficient (Wildman–Crippen LogP) is 1.69. The summed E-state index contributed by atoms with van der Waals surface area (Å²) in [6.45, 7) is 0. The molecule has 3 aromatic rings. The van der Waals surface area contributed by atoms with Gasteiger partial charge in [-0.2, -0.15) is 5.10 Å². The van der Waals surface area contributed by atoms with Crippen molar-refractivity contribution in [3.8, 4) is 22.8 Å². The number of fused-ring (bicyclic) bond motifs is 1. The van der Waals surface area contributed by atoms with Gasteiger partial charge in [0.05, 0.1) is 12.6 Å². The molecule has 0 aliphatic heterocycles. The summed E-state index contributed by atoms with van der Waals surface area (Å²) in [5.41, 5.74) is 8.23. The average molecular weight is 256 g/mol. The second-order valence-corrected chi connectivity index (χ2v) is 4.11. The third-order valence-corrected chi connectivity index (χ3v) is 2.84. The molecule has 0 amide bonds. The Morgan fingerprint density at radius 3 is 2.84 bits per heavy atom. The molecule has 0 bridgehead atoms. The van der Waals surface area contributed by atoms with Gasteiger partial charge in [0.25, 0.3) is 5.88 Å². The molecule has 0 saturated carbocycles. The quantitative estimate of drug-likeness (QED) is 0.728. The van der Waals surface area contributed by atoms with Crippen molar-refractivity contribution in [1.82, 2.24) is 14.6 Å². The van der Waals surface area contributed by atoms with Crippen LogP contribution in [0.4, 0.5) is 5.82 Å². The van der Waals surface area contributed by atoms with Gasteiger partial charge in [-0.15, -0.1) is 0 Å². The first-order valence-corrected chi connectivity index (χ1v) is 5.65. The molecule has 0 unspecified atom stereocenters. The highest BCUT2D eigenvalue weighted by Crippen LogP contribution is 2.29. The molecule has 0 spiro atoms. The monoisotopic (exact) mass is 256 g/mol. The van der Waals surface area contributed by atoms with E-state index >= 15 is 0 Å². The van der Waals surface area contributed by atoms with Crippen LogP contribution in [0.5, 0.6) is 11.6 Å². The lowest BCUT2D eigenvalue weighted by molar-refractivity contribution is 0.359. The molecule has 0 fully saturated rings. The molecular formula is C13H12N4O2. The zero-order chi connectivity index (χ0) is 13.4. The fraction of sp³-hybridized carbons (Fsp3) is 0.0769. The van der Waals surface area contributed by atoms with E-state index in [0.29, 0.717) is 5.82 Å². The van der Waals surface area contributed by atoms with E-state index in [2.05, 4.69) is 10.1 Å². The molecule has 0 saturated heterocycles. The Morgan fingerprint density at radius 1 is 1.26 bits per heavy atom. The van der Waals surface area contributed by atoms with Gasteiger partial charge in [-0.3, -0.25) is 0 Å². The third-order valence-electron chi connectivity index (χ3n) is 2.84. The van der Waals surface area contributed by atoms with Gasteiger partial charge in [-0.1, -0.05) is 0 Å². The first kappa shape index (κ1) is 11.3. The largest absolute Gasteiger partial charge is 0.503 e. The van der Waals surface area contributed by atoms with Crippen LogP contribution in [0.2, 0.25) is 0 Å². The normalized spacial score (nSPS) is 10.8. The van der Waals surface area contributed by atoms with Gasteiger partial charge in [-0.25, -0.2) is 9.50 Å². The first-order chi connectivity index (χ1) is 9.17. The molecule has 3 heterocycles. The van der Waals surface area contributed by atoms with E-state index in [1.54, 1.807) is 22.8 Å². The minimum atomic E-state index is 0.00731. The fourth-order valence-corrected chi connectivity index (χ4v) is 1.95. The summed E-state index contributed by atoms with van der Waals surface area (Å²) in [4.78, 5) is 4.04. The summed E-state index contributed by atoms with van der Waals surface area (Å²) < 4.78 is 6.61. The second-order valence-electron chi connectivity index (χ2n) is 4.11. The summed E-state index contributed by atoms with van der Waals surface area (Å²) in [6, 6.07) is 7.19. The van der Waals surface area contributed by atoms with Crippen molar-refractivity contribution in [1.29, 1.82) is 0 Å².